The Labute approximate surface area is 124 Å². The quantitative estimate of drug-likeness (QED) is 0.884. The molecule has 0 spiro atoms. The fourth-order valence-electron chi connectivity index (χ4n) is 2.15. The molecule has 0 aliphatic rings. The lowest BCUT2D eigenvalue weighted by Crippen LogP contribution is -2.09. The third-order valence-corrected chi connectivity index (χ3v) is 3.24. The molecule has 5 heteroatoms. The van der Waals surface area contributed by atoms with Crippen LogP contribution >= 0.6 is 0 Å². The zero-order valence-electron chi connectivity index (χ0n) is 12.7. The SMILES string of the molecule is COc1ccc(OC)c(C(C)Nc2cccnc2OC)c1. The number of ether oxygens (including phenoxy) is 3. The highest BCUT2D eigenvalue weighted by Gasteiger charge is 2.14. The number of pyridine rings is 1. The van der Waals surface area contributed by atoms with Gasteiger partial charge in [-0.1, -0.05) is 0 Å². The second kappa shape index (κ2) is 6.83. The summed E-state index contributed by atoms with van der Waals surface area (Å²) >= 11 is 0. The van der Waals surface area contributed by atoms with Gasteiger partial charge in [0.2, 0.25) is 5.88 Å². The molecule has 0 fully saturated rings. The van der Waals surface area contributed by atoms with E-state index in [1.165, 1.54) is 0 Å². The summed E-state index contributed by atoms with van der Waals surface area (Å²) in [7, 11) is 4.90. The van der Waals surface area contributed by atoms with E-state index in [1.54, 1.807) is 27.5 Å². The molecule has 0 saturated carbocycles. The summed E-state index contributed by atoms with van der Waals surface area (Å²) in [6.07, 6.45) is 1.70. The maximum absolute atomic E-state index is 5.42. The second-order valence-corrected chi connectivity index (χ2v) is 4.53. The number of benzene rings is 1. The zero-order valence-corrected chi connectivity index (χ0v) is 12.7. The largest absolute Gasteiger partial charge is 0.497 e. The number of aromatic nitrogens is 1. The fraction of sp³-hybridized carbons (Fsp3) is 0.312. The average Bonchev–Trinajstić information content (AvgIpc) is 2.54. The van der Waals surface area contributed by atoms with Gasteiger partial charge < -0.3 is 19.5 Å². The molecule has 0 bridgehead atoms. The van der Waals surface area contributed by atoms with Crippen LogP contribution in [0.3, 0.4) is 0 Å². The lowest BCUT2D eigenvalue weighted by atomic mass is 10.1. The summed E-state index contributed by atoms with van der Waals surface area (Å²) in [5.74, 6) is 2.16. The molecule has 112 valence electrons. The lowest BCUT2D eigenvalue weighted by molar-refractivity contribution is 0.395. The van der Waals surface area contributed by atoms with E-state index in [1.807, 2.05) is 37.3 Å². The van der Waals surface area contributed by atoms with Crippen molar-refractivity contribution in [2.24, 2.45) is 0 Å². The molecule has 5 nitrogen and oxygen atoms in total. The van der Waals surface area contributed by atoms with Crippen LogP contribution in [-0.4, -0.2) is 26.3 Å². The normalized spacial score (nSPS) is 11.6. The van der Waals surface area contributed by atoms with E-state index in [0.29, 0.717) is 5.88 Å². The number of anilines is 1. The Bertz CT molecular complexity index is 602. The van der Waals surface area contributed by atoms with Gasteiger partial charge in [-0.3, -0.25) is 0 Å². The number of rotatable bonds is 6. The summed E-state index contributed by atoms with van der Waals surface area (Å²) in [5, 5.41) is 3.38. The second-order valence-electron chi connectivity index (χ2n) is 4.53. The van der Waals surface area contributed by atoms with Gasteiger partial charge in [0.25, 0.3) is 0 Å². The molecule has 1 atom stereocenters. The van der Waals surface area contributed by atoms with E-state index in [2.05, 4.69) is 10.3 Å². The number of nitrogens with zero attached hydrogens (tertiary/aromatic N) is 1. The van der Waals surface area contributed by atoms with Gasteiger partial charge in [0, 0.05) is 11.8 Å². The molecule has 0 aliphatic heterocycles. The Morgan fingerprint density at radius 3 is 2.52 bits per heavy atom. The molecule has 1 aromatic carbocycles. The van der Waals surface area contributed by atoms with Gasteiger partial charge in [0.05, 0.1) is 33.1 Å². The number of methoxy groups -OCH3 is 3. The lowest BCUT2D eigenvalue weighted by Gasteiger charge is -2.20. The van der Waals surface area contributed by atoms with Crippen molar-refractivity contribution in [2.45, 2.75) is 13.0 Å². The molecule has 1 unspecified atom stereocenters. The van der Waals surface area contributed by atoms with E-state index in [9.17, 15) is 0 Å². The molecule has 2 aromatic rings. The Morgan fingerprint density at radius 1 is 1.05 bits per heavy atom. The average molecular weight is 288 g/mol. The van der Waals surface area contributed by atoms with Gasteiger partial charge in [-0.15, -0.1) is 0 Å². The van der Waals surface area contributed by atoms with Gasteiger partial charge in [-0.2, -0.15) is 0 Å². The van der Waals surface area contributed by atoms with Crippen LogP contribution in [-0.2, 0) is 0 Å². The van der Waals surface area contributed by atoms with Crippen molar-refractivity contribution in [3.63, 3.8) is 0 Å². The van der Waals surface area contributed by atoms with Crippen LogP contribution in [0.2, 0.25) is 0 Å². The van der Waals surface area contributed by atoms with E-state index in [0.717, 1.165) is 22.7 Å². The van der Waals surface area contributed by atoms with Gasteiger partial charge >= 0.3 is 0 Å². The van der Waals surface area contributed by atoms with Crippen LogP contribution in [0.25, 0.3) is 0 Å². The minimum atomic E-state index is 0.00755. The third kappa shape index (κ3) is 3.37. The summed E-state index contributed by atoms with van der Waals surface area (Å²) in [4.78, 5) is 4.18. The van der Waals surface area contributed by atoms with Gasteiger partial charge in [0.15, 0.2) is 0 Å². The zero-order chi connectivity index (χ0) is 15.2. The van der Waals surface area contributed by atoms with Crippen molar-refractivity contribution in [1.29, 1.82) is 0 Å². The monoisotopic (exact) mass is 288 g/mol. The van der Waals surface area contributed by atoms with Crippen molar-refractivity contribution < 1.29 is 14.2 Å². The van der Waals surface area contributed by atoms with Crippen LogP contribution in [0, 0.1) is 0 Å². The minimum Gasteiger partial charge on any atom is -0.497 e. The number of hydrogen-bond donors (Lipinski definition) is 1. The molecule has 21 heavy (non-hydrogen) atoms. The van der Waals surface area contributed by atoms with Crippen molar-refractivity contribution in [3.05, 3.63) is 42.1 Å². The Kier molecular flexibility index (Phi) is 4.87. The van der Waals surface area contributed by atoms with E-state index in [4.69, 9.17) is 14.2 Å². The van der Waals surface area contributed by atoms with E-state index < -0.39 is 0 Å². The first kappa shape index (κ1) is 15.0. The van der Waals surface area contributed by atoms with Gasteiger partial charge in [-0.25, -0.2) is 4.98 Å². The topological polar surface area (TPSA) is 52.6 Å². The van der Waals surface area contributed by atoms with E-state index in [-0.39, 0.29) is 6.04 Å². The minimum absolute atomic E-state index is 0.00755. The highest BCUT2D eigenvalue weighted by Crippen LogP contribution is 2.32. The number of nitrogens with one attached hydrogen (secondary N) is 1. The third-order valence-electron chi connectivity index (χ3n) is 3.24. The van der Waals surface area contributed by atoms with Crippen molar-refractivity contribution in [3.8, 4) is 17.4 Å². The first-order valence-electron chi connectivity index (χ1n) is 6.67. The van der Waals surface area contributed by atoms with Gasteiger partial charge in [0.1, 0.15) is 11.5 Å². The van der Waals surface area contributed by atoms with Gasteiger partial charge in [-0.05, 0) is 37.3 Å². The highest BCUT2D eigenvalue weighted by atomic mass is 16.5. The van der Waals surface area contributed by atoms with Crippen molar-refractivity contribution >= 4 is 5.69 Å². The first-order valence-corrected chi connectivity index (χ1v) is 6.67. The maximum Gasteiger partial charge on any atom is 0.237 e. The predicted octanol–water partition coefficient (Wildman–Crippen LogP) is 3.28. The smallest absolute Gasteiger partial charge is 0.237 e. The predicted molar refractivity (Wildman–Crippen MR) is 82.4 cm³/mol. The highest BCUT2D eigenvalue weighted by molar-refractivity contribution is 5.55. The standard InChI is InChI=1S/C16H20N2O3/c1-11(18-14-6-5-9-17-16(14)21-4)13-10-12(19-2)7-8-15(13)20-3/h5-11,18H,1-4H3. The molecular weight excluding hydrogens is 268 g/mol. The molecule has 0 aliphatic carbocycles. The van der Waals surface area contributed by atoms with E-state index >= 15 is 0 Å². The molecule has 2 rings (SSSR count). The summed E-state index contributed by atoms with van der Waals surface area (Å²) in [6, 6.07) is 9.52. The number of hydrogen-bond acceptors (Lipinski definition) is 5. The Morgan fingerprint density at radius 2 is 1.86 bits per heavy atom. The van der Waals surface area contributed by atoms with Crippen LogP contribution in [0.15, 0.2) is 36.5 Å². The van der Waals surface area contributed by atoms with Crippen LogP contribution < -0.4 is 19.5 Å². The molecule has 1 aromatic heterocycles. The van der Waals surface area contributed by atoms with Crippen LogP contribution in [0.1, 0.15) is 18.5 Å². The molecule has 1 N–H and O–H groups in total. The molecular formula is C16H20N2O3. The van der Waals surface area contributed by atoms with Crippen LogP contribution in [0.5, 0.6) is 17.4 Å². The summed E-state index contributed by atoms with van der Waals surface area (Å²) < 4.78 is 16.0. The van der Waals surface area contributed by atoms with Crippen LogP contribution in [0.4, 0.5) is 5.69 Å². The van der Waals surface area contributed by atoms with Crippen molar-refractivity contribution in [2.75, 3.05) is 26.6 Å². The molecule has 0 radical (unpaired) electrons. The Hall–Kier alpha value is -2.43. The Balaban J connectivity index is 2.29. The maximum atomic E-state index is 5.42. The summed E-state index contributed by atoms with van der Waals surface area (Å²) in [6.45, 7) is 2.05. The molecule has 1 heterocycles. The fourth-order valence-corrected chi connectivity index (χ4v) is 2.15. The summed E-state index contributed by atoms with van der Waals surface area (Å²) in [5.41, 5.74) is 1.83. The first-order chi connectivity index (χ1) is 10.2. The molecule has 0 saturated heterocycles. The molecule has 0 amide bonds. The van der Waals surface area contributed by atoms with Crippen molar-refractivity contribution in [1.82, 2.24) is 4.98 Å².